The van der Waals surface area contributed by atoms with Gasteiger partial charge in [0.1, 0.15) is 19.0 Å². The summed E-state index contributed by atoms with van der Waals surface area (Å²) in [4.78, 5) is 24.1. The summed E-state index contributed by atoms with van der Waals surface area (Å²) in [6.07, 6.45) is 0. The Morgan fingerprint density at radius 2 is 1.83 bits per heavy atom. The number of rotatable bonds is 9. The minimum Gasteiger partial charge on any atom is -0.490 e. The Morgan fingerprint density at radius 3 is 2.52 bits per heavy atom. The van der Waals surface area contributed by atoms with Crippen molar-refractivity contribution in [3.63, 3.8) is 0 Å². The van der Waals surface area contributed by atoms with Crippen molar-refractivity contribution in [3.8, 4) is 5.75 Å². The van der Waals surface area contributed by atoms with Crippen LogP contribution in [0.1, 0.15) is 10.4 Å². The van der Waals surface area contributed by atoms with Crippen molar-refractivity contribution in [2.75, 3.05) is 24.3 Å². The second-order valence-electron chi connectivity index (χ2n) is 5.80. The van der Waals surface area contributed by atoms with Crippen molar-refractivity contribution in [1.82, 2.24) is 20.2 Å². The van der Waals surface area contributed by atoms with Gasteiger partial charge < -0.3 is 14.8 Å². The van der Waals surface area contributed by atoms with Crippen LogP contribution in [0.2, 0.25) is 0 Å². The minimum atomic E-state index is -0.454. The summed E-state index contributed by atoms with van der Waals surface area (Å²) in [7, 11) is 1.70. The first-order valence-electron chi connectivity index (χ1n) is 8.72. The van der Waals surface area contributed by atoms with Crippen molar-refractivity contribution < 1.29 is 19.1 Å². The van der Waals surface area contributed by atoms with E-state index in [0.29, 0.717) is 16.4 Å². The molecule has 10 heteroatoms. The van der Waals surface area contributed by atoms with Gasteiger partial charge in [-0.1, -0.05) is 30.0 Å². The highest BCUT2D eigenvalue weighted by molar-refractivity contribution is 7.99. The smallest absolute Gasteiger partial charge is 0.338 e. The summed E-state index contributed by atoms with van der Waals surface area (Å²) in [5, 5.41) is 14.3. The van der Waals surface area contributed by atoms with Crippen LogP contribution < -0.4 is 10.1 Å². The lowest BCUT2D eigenvalue weighted by atomic mass is 10.2. The lowest BCUT2D eigenvalue weighted by molar-refractivity contribution is -0.113. The van der Waals surface area contributed by atoms with E-state index in [1.807, 2.05) is 30.3 Å². The van der Waals surface area contributed by atoms with Gasteiger partial charge in [0.15, 0.2) is 0 Å². The molecule has 1 N–H and O–H groups in total. The number of aromatic nitrogens is 4. The number of nitrogens with one attached hydrogen (secondary N) is 1. The molecule has 0 unspecified atom stereocenters. The normalized spacial score (nSPS) is 10.4. The van der Waals surface area contributed by atoms with Gasteiger partial charge in [-0.15, -0.1) is 5.10 Å². The molecule has 0 saturated heterocycles. The van der Waals surface area contributed by atoms with Gasteiger partial charge in [-0.2, -0.15) is 0 Å². The molecule has 0 fully saturated rings. The Bertz CT molecular complexity index is 947. The summed E-state index contributed by atoms with van der Waals surface area (Å²) < 4.78 is 12.1. The molecule has 1 amide bonds. The molecule has 0 aliphatic heterocycles. The van der Waals surface area contributed by atoms with Crippen LogP contribution in [0.4, 0.5) is 5.69 Å². The number of nitrogens with zero attached hydrogens (tertiary/aromatic N) is 4. The van der Waals surface area contributed by atoms with Gasteiger partial charge in [-0.3, -0.25) is 4.79 Å². The lowest BCUT2D eigenvalue weighted by Crippen LogP contribution is -2.15. The molecule has 0 aliphatic rings. The van der Waals surface area contributed by atoms with Gasteiger partial charge in [-0.05, 0) is 46.8 Å². The zero-order valence-corrected chi connectivity index (χ0v) is 16.5. The van der Waals surface area contributed by atoms with Crippen LogP contribution >= 0.6 is 11.8 Å². The number of anilines is 1. The first-order chi connectivity index (χ1) is 14.1. The highest BCUT2D eigenvalue weighted by Crippen LogP contribution is 2.15. The van der Waals surface area contributed by atoms with Gasteiger partial charge >= 0.3 is 5.97 Å². The topological polar surface area (TPSA) is 108 Å². The van der Waals surface area contributed by atoms with Crippen molar-refractivity contribution in [1.29, 1.82) is 0 Å². The zero-order chi connectivity index (χ0) is 20.5. The predicted octanol–water partition coefficient (Wildman–Crippen LogP) is 2.18. The third-order valence-corrected chi connectivity index (χ3v) is 4.66. The summed E-state index contributed by atoms with van der Waals surface area (Å²) in [6, 6.07) is 15.8. The van der Waals surface area contributed by atoms with Gasteiger partial charge in [0.2, 0.25) is 11.1 Å². The Morgan fingerprint density at radius 1 is 1.07 bits per heavy atom. The highest BCUT2D eigenvalue weighted by atomic mass is 32.2. The van der Waals surface area contributed by atoms with E-state index >= 15 is 0 Å². The molecule has 3 aromatic rings. The molecule has 0 saturated carbocycles. The first kappa shape index (κ1) is 20.3. The highest BCUT2D eigenvalue weighted by Gasteiger charge is 2.10. The van der Waals surface area contributed by atoms with E-state index < -0.39 is 5.97 Å². The molecule has 0 atom stereocenters. The molecule has 29 heavy (non-hydrogen) atoms. The number of benzene rings is 2. The van der Waals surface area contributed by atoms with E-state index in [4.69, 9.17) is 9.47 Å². The van der Waals surface area contributed by atoms with Crippen LogP contribution in [-0.4, -0.2) is 51.1 Å². The molecule has 150 valence electrons. The van der Waals surface area contributed by atoms with E-state index in [-0.39, 0.29) is 24.9 Å². The van der Waals surface area contributed by atoms with Crippen molar-refractivity contribution in [2.45, 2.75) is 5.16 Å². The Balaban J connectivity index is 1.40. The van der Waals surface area contributed by atoms with Gasteiger partial charge in [0, 0.05) is 12.7 Å². The van der Waals surface area contributed by atoms with Crippen LogP contribution in [0.3, 0.4) is 0 Å². The largest absolute Gasteiger partial charge is 0.490 e. The number of esters is 1. The average Bonchev–Trinajstić information content (AvgIpc) is 3.15. The van der Waals surface area contributed by atoms with Crippen LogP contribution in [0, 0.1) is 0 Å². The van der Waals surface area contributed by atoms with E-state index in [1.54, 1.807) is 31.3 Å². The quantitative estimate of drug-likeness (QED) is 0.323. The van der Waals surface area contributed by atoms with Crippen molar-refractivity contribution >= 4 is 29.3 Å². The molecule has 0 radical (unpaired) electrons. The molecular weight excluding hydrogens is 394 g/mol. The van der Waals surface area contributed by atoms with Gasteiger partial charge in [0.05, 0.1) is 11.3 Å². The lowest BCUT2D eigenvalue weighted by Gasteiger charge is -2.08. The number of carbonyl (C=O) groups excluding carboxylic acids is 2. The van der Waals surface area contributed by atoms with Crippen molar-refractivity contribution in [3.05, 3.63) is 60.2 Å². The zero-order valence-electron chi connectivity index (χ0n) is 15.6. The average molecular weight is 413 g/mol. The maximum Gasteiger partial charge on any atom is 0.338 e. The number of tetrazole rings is 1. The molecule has 2 aromatic carbocycles. The minimum absolute atomic E-state index is 0.139. The SMILES string of the molecule is Cn1nnnc1SCC(=O)Nc1ccc(C(=O)OCCOc2ccccc2)cc1. The molecule has 0 bridgehead atoms. The number of aryl methyl sites for hydroxylation is 1. The number of carbonyl (C=O) groups is 2. The Labute approximate surface area is 171 Å². The second kappa shape index (κ2) is 10.2. The number of para-hydroxylation sites is 1. The molecule has 0 aliphatic carbocycles. The van der Waals surface area contributed by atoms with E-state index in [2.05, 4.69) is 20.8 Å². The molecule has 3 rings (SSSR count). The molecule has 1 heterocycles. The van der Waals surface area contributed by atoms with E-state index in [0.717, 1.165) is 5.75 Å². The van der Waals surface area contributed by atoms with Crippen LogP contribution in [-0.2, 0) is 16.6 Å². The predicted molar refractivity (Wildman–Crippen MR) is 107 cm³/mol. The third kappa shape index (κ3) is 6.32. The fraction of sp³-hybridized carbons (Fsp3) is 0.211. The van der Waals surface area contributed by atoms with Crippen LogP contribution in [0.15, 0.2) is 59.8 Å². The molecule has 1 aromatic heterocycles. The fourth-order valence-electron chi connectivity index (χ4n) is 2.25. The van der Waals surface area contributed by atoms with E-state index in [9.17, 15) is 9.59 Å². The number of ether oxygens (including phenoxy) is 2. The first-order valence-corrected chi connectivity index (χ1v) is 9.70. The maximum atomic E-state index is 12.1. The fourth-order valence-corrected chi connectivity index (χ4v) is 2.90. The van der Waals surface area contributed by atoms with Crippen LogP contribution in [0.5, 0.6) is 5.75 Å². The van der Waals surface area contributed by atoms with Crippen LogP contribution in [0.25, 0.3) is 0 Å². The maximum absolute atomic E-state index is 12.1. The summed E-state index contributed by atoms with van der Waals surface area (Å²) in [5.74, 6) is 0.230. The number of hydrogen-bond acceptors (Lipinski definition) is 8. The number of thioether (sulfide) groups is 1. The number of amides is 1. The summed E-state index contributed by atoms with van der Waals surface area (Å²) in [5.41, 5.74) is 0.970. The molecule has 9 nitrogen and oxygen atoms in total. The van der Waals surface area contributed by atoms with E-state index in [1.165, 1.54) is 16.4 Å². The Hall–Kier alpha value is -3.40. The monoisotopic (exact) mass is 413 g/mol. The molecular formula is C19H19N5O4S. The standard InChI is InChI=1S/C19H19N5O4S/c1-24-19(21-22-23-24)29-13-17(25)20-15-9-7-14(8-10-15)18(26)28-12-11-27-16-5-3-2-4-6-16/h2-10H,11-13H2,1H3,(H,20,25). The summed E-state index contributed by atoms with van der Waals surface area (Å²) >= 11 is 1.23. The number of hydrogen-bond donors (Lipinski definition) is 1. The van der Waals surface area contributed by atoms with Gasteiger partial charge in [-0.25, -0.2) is 9.48 Å². The van der Waals surface area contributed by atoms with Crippen molar-refractivity contribution in [2.24, 2.45) is 7.05 Å². The van der Waals surface area contributed by atoms with Gasteiger partial charge in [0.25, 0.3) is 0 Å². The summed E-state index contributed by atoms with van der Waals surface area (Å²) in [6.45, 7) is 0.406. The molecule has 0 spiro atoms. The second-order valence-corrected chi connectivity index (χ2v) is 6.74. The Kier molecular flexibility index (Phi) is 7.17. The third-order valence-electron chi connectivity index (χ3n) is 3.65.